The molecular weight excluding hydrogens is 294 g/mol. The maximum absolute atomic E-state index is 12.1. The second-order valence-corrected chi connectivity index (χ2v) is 7.48. The number of sulfonamides is 1. The third-order valence-electron chi connectivity index (χ3n) is 3.17. The first-order valence-corrected chi connectivity index (χ1v) is 8.57. The first-order chi connectivity index (χ1) is 9.58. The van der Waals surface area contributed by atoms with Crippen LogP contribution in [0.1, 0.15) is 10.9 Å². The van der Waals surface area contributed by atoms with Crippen molar-refractivity contribution in [2.24, 2.45) is 10.2 Å². The van der Waals surface area contributed by atoms with Crippen molar-refractivity contribution in [3.63, 3.8) is 0 Å². The molecule has 0 saturated heterocycles. The minimum Gasteiger partial charge on any atom is -0.272 e. The Bertz CT molecular complexity index is 738. The predicted octanol–water partition coefficient (Wildman–Crippen LogP) is 3.35. The van der Waals surface area contributed by atoms with Gasteiger partial charge in [0.2, 0.25) is 10.0 Å². The van der Waals surface area contributed by atoms with Gasteiger partial charge in [-0.3, -0.25) is 4.31 Å². The highest BCUT2D eigenvalue weighted by molar-refractivity contribution is 7.92. The molecule has 0 saturated carbocycles. The fourth-order valence-corrected chi connectivity index (χ4v) is 4.51. The number of benzene rings is 1. The quantitative estimate of drug-likeness (QED) is 0.799. The Morgan fingerprint density at radius 3 is 2.75 bits per heavy atom. The molecule has 1 aliphatic heterocycles. The van der Waals surface area contributed by atoms with E-state index < -0.39 is 16.1 Å². The van der Waals surface area contributed by atoms with Crippen LogP contribution in [-0.4, -0.2) is 21.2 Å². The van der Waals surface area contributed by atoms with E-state index in [0.717, 1.165) is 10.6 Å². The maximum atomic E-state index is 12.1. The molecule has 0 N–H and O–H groups in total. The molecule has 3 rings (SSSR count). The molecule has 0 radical (unpaired) electrons. The van der Waals surface area contributed by atoms with Crippen LogP contribution in [0, 0.1) is 0 Å². The molecule has 1 aromatic carbocycles. The van der Waals surface area contributed by atoms with Gasteiger partial charge in [-0.15, -0.1) is 11.3 Å². The van der Waals surface area contributed by atoms with Crippen molar-refractivity contribution in [1.29, 1.82) is 0 Å². The lowest BCUT2D eigenvalue weighted by Gasteiger charge is -2.27. The summed E-state index contributed by atoms with van der Waals surface area (Å²) in [5.41, 5.74) is 1.43. The monoisotopic (exact) mass is 307 g/mol. The van der Waals surface area contributed by atoms with Gasteiger partial charge in [0.05, 0.1) is 22.0 Å². The van der Waals surface area contributed by atoms with Gasteiger partial charge in [-0.2, -0.15) is 10.2 Å². The second-order valence-electron chi connectivity index (χ2n) is 4.48. The van der Waals surface area contributed by atoms with Gasteiger partial charge < -0.3 is 0 Å². The van der Waals surface area contributed by atoms with E-state index in [1.54, 1.807) is 7.05 Å². The molecule has 1 atom stereocenters. The highest BCUT2D eigenvalue weighted by atomic mass is 32.2. The Morgan fingerprint density at radius 1 is 1.25 bits per heavy atom. The molecule has 0 bridgehead atoms. The standard InChI is InChI=1S/C13H13N3O2S2/c1-16-12-7-8-19-13(12)11(9-20(16,17)18)15-14-10-5-3-2-4-6-10/h2-8,11H,9H2,1H3. The zero-order valence-corrected chi connectivity index (χ0v) is 12.4. The summed E-state index contributed by atoms with van der Waals surface area (Å²) in [7, 11) is -1.74. The Labute approximate surface area is 121 Å². The van der Waals surface area contributed by atoms with Crippen LogP contribution in [0.25, 0.3) is 0 Å². The highest BCUT2D eigenvalue weighted by Crippen LogP contribution is 2.40. The van der Waals surface area contributed by atoms with Crippen LogP contribution in [0.4, 0.5) is 11.4 Å². The highest BCUT2D eigenvalue weighted by Gasteiger charge is 2.35. The van der Waals surface area contributed by atoms with Gasteiger partial charge >= 0.3 is 0 Å². The topological polar surface area (TPSA) is 62.1 Å². The Kier molecular flexibility index (Phi) is 3.31. The van der Waals surface area contributed by atoms with Gasteiger partial charge in [-0.1, -0.05) is 18.2 Å². The summed E-state index contributed by atoms with van der Waals surface area (Å²) in [4.78, 5) is 0.946. The third-order valence-corrected chi connectivity index (χ3v) is 5.95. The third kappa shape index (κ3) is 2.34. The molecule has 2 heterocycles. The lowest BCUT2D eigenvalue weighted by molar-refractivity contribution is 0.582. The van der Waals surface area contributed by atoms with Gasteiger partial charge in [0.25, 0.3) is 0 Å². The van der Waals surface area contributed by atoms with Crippen molar-refractivity contribution < 1.29 is 8.42 Å². The summed E-state index contributed by atoms with van der Waals surface area (Å²) in [6, 6.07) is 10.7. The van der Waals surface area contributed by atoms with Crippen LogP contribution in [0.2, 0.25) is 0 Å². The maximum Gasteiger partial charge on any atom is 0.237 e. The molecule has 7 heteroatoms. The number of nitrogens with zero attached hydrogens (tertiary/aromatic N) is 3. The van der Waals surface area contributed by atoms with Crippen LogP contribution >= 0.6 is 11.3 Å². The number of fused-ring (bicyclic) bond motifs is 1. The molecule has 0 aliphatic carbocycles. The molecule has 5 nitrogen and oxygen atoms in total. The van der Waals surface area contributed by atoms with E-state index in [2.05, 4.69) is 10.2 Å². The summed E-state index contributed by atoms with van der Waals surface area (Å²) >= 11 is 1.51. The lowest BCUT2D eigenvalue weighted by Crippen LogP contribution is -2.35. The number of hydrogen-bond donors (Lipinski definition) is 0. The number of anilines is 1. The van der Waals surface area contributed by atoms with E-state index in [-0.39, 0.29) is 5.75 Å². The van der Waals surface area contributed by atoms with Crippen molar-refractivity contribution >= 4 is 32.7 Å². The number of thiophene rings is 1. The molecular formula is C13H13N3O2S2. The SMILES string of the molecule is CN1c2ccsc2C(N=Nc2ccccc2)CS1(=O)=O. The first kappa shape index (κ1) is 13.3. The fourth-order valence-electron chi connectivity index (χ4n) is 2.08. The minimum absolute atomic E-state index is 0.0344. The van der Waals surface area contributed by atoms with Gasteiger partial charge in [0.15, 0.2) is 0 Å². The largest absolute Gasteiger partial charge is 0.272 e. The van der Waals surface area contributed by atoms with Crippen molar-refractivity contribution in [2.45, 2.75) is 6.04 Å². The molecule has 20 heavy (non-hydrogen) atoms. The van der Waals surface area contributed by atoms with Crippen molar-refractivity contribution in [3.05, 3.63) is 46.7 Å². The molecule has 2 aromatic rings. The van der Waals surface area contributed by atoms with E-state index in [9.17, 15) is 8.42 Å². The second kappa shape index (κ2) is 4.99. The van der Waals surface area contributed by atoms with Crippen LogP contribution in [0.3, 0.4) is 0 Å². The van der Waals surface area contributed by atoms with Gasteiger partial charge in [-0.25, -0.2) is 8.42 Å². The predicted molar refractivity (Wildman–Crippen MR) is 80.2 cm³/mol. The summed E-state index contributed by atoms with van der Waals surface area (Å²) in [6.07, 6.45) is 0. The van der Waals surface area contributed by atoms with Crippen molar-refractivity contribution in [2.75, 3.05) is 17.1 Å². The zero-order chi connectivity index (χ0) is 14.2. The summed E-state index contributed by atoms with van der Waals surface area (Å²) < 4.78 is 25.5. The Morgan fingerprint density at radius 2 is 2.00 bits per heavy atom. The lowest BCUT2D eigenvalue weighted by atomic mass is 10.2. The van der Waals surface area contributed by atoms with E-state index in [1.165, 1.54) is 15.6 Å². The van der Waals surface area contributed by atoms with Crippen LogP contribution in [-0.2, 0) is 10.0 Å². The number of azo groups is 1. The molecule has 0 spiro atoms. The number of hydrogen-bond acceptors (Lipinski definition) is 5. The molecule has 1 aromatic heterocycles. The van der Waals surface area contributed by atoms with E-state index >= 15 is 0 Å². The van der Waals surface area contributed by atoms with Crippen LogP contribution < -0.4 is 4.31 Å². The Balaban J connectivity index is 1.95. The smallest absolute Gasteiger partial charge is 0.237 e. The van der Waals surface area contributed by atoms with Gasteiger partial charge in [-0.05, 0) is 23.6 Å². The average molecular weight is 307 g/mol. The van der Waals surface area contributed by atoms with E-state index in [0.29, 0.717) is 5.69 Å². The van der Waals surface area contributed by atoms with E-state index in [1.807, 2.05) is 41.8 Å². The first-order valence-electron chi connectivity index (χ1n) is 6.08. The number of rotatable bonds is 2. The van der Waals surface area contributed by atoms with Crippen LogP contribution in [0.5, 0.6) is 0 Å². The molecule has 104 valence electrons. The average Bonchev–Trinajstić information content (AvgIpc) is 2.92. The Hall–Kier alpha value is -1.73. The molecule has 1 aliphatic rings. The summed E-state index contributed by atoms with van der Waals surface area (Å²) in [5.74, 6) is -0.0344. The zero-order valence-electron chi connectivity index (χ0n) is 10.8. The van der Waals surface area contributed by atoms with Gasteiger partial charge in [0.1, 0.15) is 6.04 Å². The molecule has 1 unspecified atom stereocenters. The van der Waals surface area contributed by atoms with Crippen molar-refractivity contribution in [3.8, 4) is 0 Å². The van der Waals surface area contributed by atoms with E-state index in [4.69, 9.17) is 0 Å². The van der Waals surface area contributed by atoms with Crippen molar-refractivity contribution in [1.82, 2.24) is 0 Å². The fraction of sp³-hybridized carbons (Fsp3) is 0.231. The summed E-state index contributed by atoms with van der Waals surface area (Å²) in [5, 5.41) is 10.3. The molecule has 0 amide bonds. The molecule has 0 fully saturated rings. The summed E-state index contributed by atoms with van der Waals surface area (Å²) in [6.45, 7) is 0. The minimum atomic E-state index is -3.31. The van der Waals surface area contributed by atoms with Crippen LogP contribution in [0.15, 0.2) is 52.0 Å². The normalized spacial score (nSPS) is 21.1. The van der Waals surface area contributed by atoms with Gasteiger partial charge in [0, 0.05) is 7.05 Å².